The molecule has 1 nitrogen and oxygen atoms in total. The van der Waals surface area contributed by atoms with E-state index in [0.29, 0.717) is 0 Å². The normalized spacial score (nSPS) is 18.4. The molecule has 1 atom stereocenters. The van der Waals surface area contributed by atoms with Crippen molar-refractivity contribution in [1.82, 2.24) is 4.90 Å². The van der Waals surface area contributed by atoms with Gasteiger partial charge in [-0.3, -0.25) is 0 Å². The molecule has 2 aromatic rings. The molecule has 23 heavy (non-hydrogen) atoms. The van der Waals surface area contributed by atoms with E-state index < -0.39 is 0 Å². The van der Waals surface area contributed by atoms with Gasteiger partial charge in [-0.15, -0.1) is 17.0 Å². The van der Waals surface area contributed by atoms with Crippen LogP contribution < -0.4 is 0 Å². The van der Waals surface area contributed by atoms with E-state index in [9.17, 15) is 0 Å². The summed E-state index contributed by atoms with van der Waals surface area (Å²) in [4.78, 5) is 2.63. The van der Waals surface area contributed by atoms with E-state index in [1.165, 1.54) is 43.5 Å². The van der Waals surface area contributed by atoms with Crippen molar-refractivity contribution in [3.63, 3.8) is 0 Å². The molecule has 0 radical (unpaired) electrons. The van der Waals surface area contributed by atoms with Crippen LogP contribution in [0.2, 0.25) is 5.02 Å². The topological polar surface area (TPSA) is 3.24 Å². The van der Waals surface area contributed by atoms with Gasteiger partial charge in [0, 0.05) is 18.1 Å². The van der Waals surface area contributed by atoms with E-state index in [1.54, 1.807) is 0 Å². The summed E-state index contributed by atoms with van der Waals surface area (Å²) in [5, 5.41) is 0.824. The van der Waals surface area contributed by atoms with Gasteiger partial charge in [0.15, 0.2) is 0 Å². The molecule has 0 aromatic heterocycles. The van der Waals surface area contributed by atoms with Crippen molar-refractivity contribution in [2.24, 2.45) is 5.92 Å². The minimum Gasteiger partial charge on any atom is -0.303 e. The number of nitrogens with zero attached hydrogens (tertiary/aromatic N) is 1. The molecule has 1 fully saturated rings. The Morgan fingerprint density at radius 1 is 0.957 bits per heavy atom. The van der Waals surface area contributed by atoms with Crippen molar-refractivity contribution in [2.75, 3.05) is 19.6 Å². The monoisotopic (exact) mass is 393 g/mol. The maximum absolute atomic E-state index is 5.95. The highest BCUT2D eigenvalue weighted by Gasteiger charge is 2.19. The van der Waals surface area contributed by atoms with Crippen LogP contribution in [-0.2, 0) is 12.8 Å². The third-order valence-corrected chi connectivity index (χ3v) is 4.85. The predicted molar refractivity (Wildman–Crippen MR) is 105 cm³/mol. The van der Waals surface area contributed by atoms with Crippen LogP contribution in [0.5, 0.6) is 0 Å². The maximum atomic E-state index is 5.95. The van der Waals surface area contributed by atoms with E-state index in [1.807, 2.05) is 12.1 Å². The van der Waals surface area contributed by atoms with Gasteiger partial charge >= 0.3 is 0 Å². The summed E-state index contributed by atoms with van der Waals surface area (Å²) in [6.45, 7) is 3.65. The minimum absolute atomic E-state index is 0. The summed E-state index contributed by atoms with van der Waals surface area (Å²) in [5.74, 6) is 0.807. The Kier molecular flexibility index (Phi) is 7.61. The number of hydrogen-bond acceptors (Lipinski definition) is 1. The molecular weight excluding hydrogens is 370 g/mol. The molecule has 1 aliphatic heterocycles. The van der Waals surface area contributed by atoms with Crippen molar-refractivity contribution in [3.8, 4) is 0 Å². The summed E-state index contributed by atoms with van der Waals surface area (Å²) in [6.07, 6.45) is 5.04. The van der Waals surface area contributed by atoms with Gasteiger partial charge in [0.25, 0.3) is 0 Å². The van der Waals surface area contributed by atoms with Gasteiger partial charge in [-0.25, -0.2) is 0 Å². The van der Waals surface area contributed by atoms with Crippen LogP contribution in [0, 0.1) is 5.92 Å². The van der Waals surface area contributed by atoms with Gasteiger partial charge in [-0.05, 0) is 61.4 Å². The molecule has 3 rings (SSSR count). The molecule has 1 unspecified atom stereocenters. The van der Waals surface area contributed by atoms with Crippen LogP contribution in [0.3, 0.4) is 0 Å². The highest BCUT2D eigenvalue weighted by Crippen LogP contribution is 2.21. The highest BCUT2D eigenvalue weighted by atomic mass is 79.9. The Balaban J connectivity index is 0.00000192. The first-order valence-electron chi connectivity index (χ1n) is 8.30. The first-order valence-corrected chi connectivity index (χ1v) is 8.68. The summed E-state index contributed by atoms with van der Waals surface area (Å²) < 4.78 is 0. The summed E-state index contributed by atoms with van der Waals surface area (Å²) >= 11 is 5.95. The molecule has 1 heterocycles. The molecule has 124 valence electrons. The van der Waals surface area contributed by atoms with Crippen molar-refractivity contribution < 1.29 is 0 Å². The van der Waals surface area contributed by atoms with Gasteiger partial charge in [0.05, 0.1) is 0 Å². The summed E-state index contributed by atoms with van der Waals surface area (Å²) in [5.41, 5.74) is 2.86. The van der Waals surface area contributed by atoms with E-state index in [-0.39, 0.29) is 17.0 Å². The number of likely N-dealkylation sites (tertiary alicyclic amines) is 1. The number of halogens is 2. The van der Waals surface area contributed by atoms with Crippen molar-refractivity contribution in [2.45, 2.75) is 25.7 Å². The molecule has 0 N–H and O–H groups in total. The Morgan fingerprint density at radius 3 is 2.43 bits per heavy atom. The van der Waals surface area contributed by atoms with Crippen LogP contribution >= 0.6 is 28.6 Å². The van der Waals surface area contributed by atoms with Crippen LogP contribution in [0.1, 0.15) is 24.0 Å². The maximum Gasteiger partial charge on any atom is 0.0406 e. The number of hydrogen-bond donors (Lipinski definition) is 0. The first-order chi connectivity index (χ1) is 10.8. The van der Waals surface area contributed by atoms with E-state index in [2.05, 4.69) is 47.4 Å². The van der Waals surface area contributed by atoms with Gasteiger partial charge in [-0.1, -0.05) is 54.1 Å². The third kappa shape index (κ3) is 5.95. The fraction of sp³-hybridized carbons (Fsp3) is 0.400. The number of piperidine rings is 1. The lowest BCUT2D eigenvalue weighted by Gasteiger charge is -2.33. The first kappa shape index (κ1) is 18.5. The zero-order chi connectivity index (χ0) is 15.2. The number of rotatable bonds is 5. The molecule has 0 saturated carbocycles. The largest absolute Gasteiger partial charge is 0.303 e. The van der Waals surface area contributed by atoms with Crippen molar-refractivity contribution in [3.05, 3.63) is 70.7 Å². The second-order valence-corrected chi connectivity index (χ2v) is 6.81. The summed E-state index contributed by atoms with van der Waals surface area (Å²) in [6, 6.07) is 19.2. The van der Waals surface area contributed by atoms with E-state index >= 15 is 0 Å². The molecule has 0 amide bonds. The Morgan fingerprint density at radius 2 is 1.70 bits per heavy atom. The lowest BCUT2D eigenvalue weighted by atomic mass is 9.91. The van der Waals surface area contributed by atoms with E-state index in [4.69, 9.17) is 11.6 Å². The molecule has 1 saturated heterocycles. The Labute approximate surface area is 155 Å². The quantitative estimate of drug-likeness (QED) is 0.655. The fourth-order valence-electron chi connectivity index (χ4n) is 3.41. The number of benzene rings is 2. The average Bonchev–Trinajstić information content (AvgIpc) is 2.56. The molecule has 0 spiro atoms. The van der Waals surface area contributed by atoms with Gasteiger partial charge in [0.1, 0.15) is 0 Å². The second kappa shape index (κ2) is 9.46. The van der Waals surface area contributed by atoms with Crippen LogP contribution in [0.25, 0.3) is 0 Å². The second-order valence-electron chi connectivity index (χ2n) is 6.38. The van der Waals surface area contributed by atoms with Crippen LogP contribution in [0.15, 0.2) is 54.6 Å². The molecule has 0 bridgehead atoms. The Hall–Kier alpha value is -0.830. The molecule has 2 aromatic carbocycles. The molecular formula is C20H25BrClN. The minimum atomic E-state index is 0. The standard InChI is InChI=1S/C20H24ClN.BrH/c21-20-10-8-17(9-11-20)12-14-22-13-4-7-19(16-22)15-18-5-2-1-3-6-18;/h1-3,5-6,8-11,19H,4,7,12-16H2;1H. The lowest BCUT2D eigenvalue weighted by Crippen LogP contribution is -2.37. The zero-order valence-corrected chi connectivity index (χ0v) is 15.9. The van der Waals surface area contributed by atoms with Crippen molar-refractivity contribution in [1.29, 1.82) is 0 Å². The van der Waals surface area contributed by atoms with Crippen LogP contribution in [0.4, 0.5) is 0 Å². The van der Waals surface area contributed by atoms with Gasteiger partial charge in [0.2, 0.25) is 0 Å². The highest BCUT2D eigenvalue weighted by molar-refractivity contribution is 8.93. The zero-order valence-electron chi connectivity index (χ0n) is 13.5. The fourth-order valence-corrected chi connectivity index (χ4v) is 3.53. The van der Waals surface area contributed by atoms with Gasteiger partial charge < -0.3 is 4.90 Å². The predicted octanol–water partition coefficient (Wildman–Crippen LogP) is 5.42. The van der Waals surface area contributed by atoms with Crippen LogP contribution in [-0.4, -0.2) is 24.5 Å². The molecule has 0 aliphatic carbocycles. The molecule has 3 heteroatoms. The van der Waals surface area contributed by atoms with E-state index in [0.717, 1.165) is 23.9 Å². The molecule has 1 aliphatic rings. The third-order valence-electron chi connectivity index (χ3n) is 4.60. The Bertz CT molecular complexity index is 570. The van der Waals surface area contributed by atoms with Crippen molar-refractivity contribution >= 4 is 28.6 Å². The smallest absolute Gasteiger partial charge is 0.0406 e. The summed E-state index contributed by atoms with van der Waals surface area (Å²) in [7, 11) is 0. The lowest BCUT2D eigenvalue weighted by molar-refractivity contribution is 0.176. The van der Waals surface area contributed by atoms with Gasteiger partial charge in [-0.2, -0.15) is 0 Å². The average molecular weight is 395 g/mol. The SMILES string of the molecule is Br.Clc1ccc(CCN2CCCC(Cc3ccccc3)C2)cc1.